The minimum Gasteiger partial charge on any atom is -0.463 e. The molecule has 1 heterocycles. The first-order valence-corrected chi connectivity index (χ1v) is 2.23. The van der Waals surface area contributed by atoms with Crippen molar-refractivity contribution >= 4 is 12.6 Å². The maximum absolute atomic E-state index is 4.76. The van der Waals surface area contributed by atoms with Crippen molar-refractivity contribution in [3.63, 3.8) is 0 Å². The molecule has 0 saturated heterocycles. The van der Waals surface area contributed by atoms with Gasteiger partial charge in [-0.3, -0.25) is 0 Å². The summed E-state index contributed by atoms with van der Waals surface area (Å²) in [4.78, 5) is 7.47. The van der Waals surface area contributed by atoms with Crippen LogP contribution in [-0.2, 0) is 4.74 Å². The fourth-order valence-electron chi connectivity index (χ4n) is 0.399. The number of nitrogens with zero attached hydrogens (tertiary/aromatic N) is 2. The van der Waals surface area contributed by atoms with Crippen LogP contribution in [0.15, 0.2) is 17.0 Å². The molecule has 0 spiro atoms. The molecule has 41 valence electrons. The van der Waals surface area contributed by atoms with Gasteiger partial charge >= 0.3 is 12.2 Å². The number of rotatable bonds is 1. The average molecular weight is 110 g/mol. The highest BCUT2D eigenvalue weighted by atomic mass is 16.5. The van der Waals surface area contributed by atoms with Gasteiger partial charge in [-0.25, -0.2) is 0 Å². The lowest BCUT2D eigenvalue weighted by atomic mass is 10.6. The van der Waals surface area contributed by atoms with E-state index >= 15 is 0 Å². The van der Waals surface area contributed by atoms with Gasteiger partial charge < -0.3 is 4.74 Å². The van der Waals surface area contributed by atoms with E-state index in [1.165, 1.54) is 6.34 Å². The van der Waals surface area contributed by atoms with Crippen LogP contribution in [0.25, 0.3) is 0 Å². The molecule has 0 unspecified atom stereocenters. The van der Waals surface area contributed by atoms with Crippen LogP contribution < -0.4 is 4.99 Å². The lowest BCUT2D eigenvalue weighted by Crippen LogP contribution is -1.96. The standard InChI is InChI=1S/C5H6N2O/c1-8-5-2-3-6-4-7-5/h2-4H,1H3/q+1. The van der Waals surface area contributed by atoms with Crippen LogP contribution in [0.4, 0.5) is 0 Å². The van der Waals surface area contributed by atoms with Crippen molar-refractivity contribution in [2.75, 3.05) is 7.11 Å². The van der Waals surface area contributed by atoms with Crippen molar-refractivity contribution in [2.45, 2.75) is 0 Å². The van der Waals surface area contributed by atoms with E-state index in [0.717, 1.165) is 0 Å². The van der Waals surface area contributed by atoms with Crippen molar-refractivity contribution in [3.8, 4) is 0 Å². The second-order valence-electron chi connectivity index (χ2n) is 1.25. The molecule has 1 aliphatic heterocycles. The van der Waals surface area contributed by atoms with Crippen LogP contribution in [0, 0.1) is 0 Å². The minimum absolute atomic E-state index is 0.597. The second kappa shape index (κ2) is 2.26. The molecule has 0 saturated carbocycles. The zero-order chi connectivity index (χ0) is 5.82. The summed E-state index contributed by atoms with van der Waals surface area (Å²) in [5.41, 5.74) is 0. The van der Waals surface area contributed by atoms with E-state index in [-0.39, 0.29) is 0 Å². The number of hydrogen-bond donors (Lipinski definition) is 0. The van der Waals surface area contributed by atoms with Crippen LogP contribution in [0.5, 0.6) is 0 Å². The predicted molar refractivity (Wildman–Crippen MR) is 31.8 cm³/mol. The Labute approximate surface area is 47.4 Å². The SMILES string of the molecule is COC1=CC=[N+]C=N1. The monoisotopic (exact) mass is 110 g/mol. The van der Waals surface area contributed by atoms with E-state index in [4.69, 9.17) is 4.74 Å². The first kappa shape index (κ1) is 5.03. The first-order chi connectivity index (χ1) is 3.93. The quantitative estimate of drug-likeness (QED) is 0.465. The lowest BCUT2D eigenvalue weighted by molar-refractivity contribution is 0.289. The first-order valence-electron chi connectivity index (χ1n) is 2.23. The van der Waals surface area contributed by atoms with Gasteiger partial charge in [0.1, 0.15) is 6.21 Å². The van der Waals surface area contributed by atoms with Gasteiger partial charge in [0.05, 0.1) is 13.2 Å². The maximum atomic E-state index is 4.76. The van der Waals surface area contributed by atoms with Gasteiger partial charge in [0.25, 0.3) is 0 Å². The van der Waals surface area contributed by atoms with Gasteiger partial charge in [-0.15, -0.1) is 0 Å². The van der Waals surface area contributed by atoms with Crippen molar-refractivity contribution in [1.29, 1.82) is 0 Å². The average Bonchev–Trinajstić information content (AvgIpc) is 1.90. The number of ether oxygens (including phenoxy) is 1. The third-order valence-electron chi connectivity index (χ3n) is 0.764. The van der Waals surface area contributed by atoms with Crippen molar-refractivity contribution in [1.82, 2.24) is 4.99 Å². The third kappa shape index (κ3) is 0.932. The molecule has 0 amide bonds. The fraction of sp³-hybridized carbons (Fsp3) is 0.200. The zero-order valence-corrected chi connectivity index (χ0v) is 4.53. The summed E-state index contributed by atoms with van der Waals surface area (Å²) >= 11 is 0. The molecule has 0 aromatic carbocycles. The van der Waals surface area contributed by atoms with Gasteiger partial charge in [-0.1, -0.05) is 4.99 Å². The highest BCUT2D eigenvalue weighted by Gasteiger charge is 2.00. The van der Waals surface area contributed by atoms with Crippen LogP contribution in [-0.4, -0.2) is 19.7 Å². The molecule has 3 heteroatoms. The van der Waals surface area contributed by atoms with E-state index in [9.17, 15) is 0 Å². The smallest absolute Gasteiger partial charge is 0.331 e. The Bertz CT molecular complexity index is 158. The van der Waals surface area contributed by atoms with Crippen LogP contribution in [0.1, 0.15) is 0 Å². The van der Waals surface area contributed by atoms with Gasteiger partial charge in [0, 0.05) is 0 Å². The molecule has 0 atom stereocenters. The summed E-state index contributed by atoms with van der Waals surface area (Å²) in [5, 5.41) is 0. The molecule has 0 N–H and O–H groups in total. The highest BCUT2D eigenvalue weighted by Crippen LogP contribution is 1.94. The van der Waals surface area contributed by atoms with E-state index in [1.807, 2.05) is 0 Å². The predicted octanol–water partition coefficient (Wildman–Crippen LogP) is -0.0773. The Balaban J connectivity index is 2.68. The van der Waals surface area contributed by atoms with Crippen LogP contribution >= 0.6 is 0 Å². The molecule has 0 fully saturated rings. The molecule has 0 aromatic heterocycles. The third-order valence-corrected chi connectivity index (χ3v) is 0.764. The second-order valence-corrected chi connectivity index (χ2v) is 1.25. The largest absolute Gasteiger partial charge is 0.463 e. The Morgan fingerprint density at radius 3 is 3.00 bits per heavy atom. The Morgan fingerprint density at radius 2 is 2.62 bits per heavy atom. The Morgan fingerprint density at radius 1 is 1.75 bits per heavy atom. The normalized spacial score (nSPS) is 15.9. The molecule has 3 nitrogen and oxygen atoms in total. The molecule has 0 bridgehead atoms. The highest BCUT2D eigenvalue weighted by molar-refractivity contribution is 5.80. The maximum Gasteiger partial charge on any atom is 0.331 e. The van der Waals surface area contributed by atoms with Crippen molar-refractivity contribution in [2.24, 2.45) is 4.99 Å². The van der Waals surface area contributed by atoms with Crippen molar-refractivity contribution < 1.29 is 4.74 Å². The summed E-state index contributed by atoms with van der Waals surface area (Å²) in [5.74, 6) is 0.597. The summed E-state index contributed by atoms with van der Waals surface area (Å²) < 4.78 is 4.76. The zero-order valence-electron chi connectivity index (χ0n) is 4.53. The molecule has 8 heavy (non-hydrogen) atoms. The summed E-state index contributed by atoms with van der Waals surface area (Å²) in [6.07, 6.45) is 4.77. The molecule has 1 rings (SSSR count). The molecule has 0 aliphatic carbocycles. The van der Waals surface area contributed by atoms with E-state index in [1.54, 1.807) is 19.4 Å². The Hall–Kier alpha value is -1.12. The Kier molecular flexibility index (Phi) is 1.42. The number of methoxy groups -OCH3 is 1. The van der Waals surface area contributed by atoms with Gasteiger partial charge in [-0.2, -0.15) is 0 Å². The molecular formula is C5H6N2O+. The molecule has 1 aliphatic rings. The van der Waals surface area contributed by atoms with Crippen LogP contribution in [0.3, 0.4) is 0 Å². The topological polar surface area (TPSA) is 35.7 Å². The summed E-state index contributed by atoms with van der Waals surface area (Å²) in [6.45, 7) is 0. The van der Waals surface area contributed by atoms with Gasteiger partial charge in [0.2, 0.25) is 0 Å². The fourth-order valence-corrected chi connectivity index (χ4v) is 0.399. The van der Waals surface area contributed by atoms with E-state index < -0.39 is 0 Å². The summed E-state index contributed by atoms with van der Waals surface area (Å²) in [6, 6.07) is 0. The van der Waals surface area contributed by atoms with Crippen molar-refractivity contribution in [3.05, 3.63) is 12.0 Å². The van der Waals surface area contributed by atoms with Crippen LogP contribution in [0.2, 0.25) is 0 Å². The summed E-state index contributed by atoms with van der Waals surface area (Å²) in [7, 11) is 1.57. The molecule has 1 radical (unpaired) electrons. The van der Waals surface area contributed by atoms with E-state index in [2.05, 4.69) is 9.98 Å². The minimum atomic E-state index is 0.597. The number of allylic oxidation sites excluding steroid dienone is 1. The van der Waals surface area contributed by atoms with E-state index in [0.29, 0.717) is 5.88 Å². The molecular weight excluding hydrogens is 104 g/mol. The molecule has 0 aromatic rings. The number of hydrogen-bond acceptors (Lipinski definition) is 3. The van der Waals surface area contributed by atoms with Gasteiger partial charge in [0.15, 0.2) is 0 Å². The van der Waals surface area contributed by atoms with Gasteiger partial charge in [-0.05, 0) is 4.99 Å². The number of aliphatic imine (C=N–C) groups is 2. The lowest BCUT2D eigenvalue weighted by Gasteiger charge is -1.87.